The van der Waals surface area contributed by atoms with Crippen molar-refractivity contribution in [2.75, 3.05) is 0 Å². The fourth-order valence-corrected chi connectivity index (χ4v) is 1.34. The molecule has 0 atom stereocenters. The second kappa shape index (κ2) is 7.75. The second-order valence-electron chi connectivity index (χ2n) is 3.55. The van der Waals surface area contributed by atoms with E-state index in [0.717, 1.165) is 5.35 Å². The molecule has 0 aliphatic carbocycles. The second-order valence-corrected chi connectivity index (χ2v) is 3.55. The molecule has 0 aliphatic heterocycles. The predicted octanol–water partition coefficient (Wildman–Crippen LogP) is 3.10. The summed E-state index contributed by atoms with van der Waals surface area (Å²) in [6.45, 7) is 15.7. The van der Waals surface area contributed by atoms with Crippen molar-refractivity contribution in [1.29, 1.82) is 0 Å². The molecule has 0 aliphatic rings. The summed E-state index contributed by atoms with van der Waals surface area (Å²) in [5.74, 6) is 0.513. The minimum atomic E-state index is 0.513. The van der Waals surface area contributed by atoms with Crippen LogP contribution in [0.15, 0.2) is 31.4 Å². The molecule has 1 N–H and O–H groups in total. The highest BCUT2D eigenvalue weighted by atomic mass is 14.7. The average Bonchev–Trinajstić information content (AvgIpc) is 2.66. The van der Waals surface area contributed by atoms with Crippen molar-refractivity contribution in [2.45, 2.75) is 33.6 Å². The van der Waals surface area contributed by atoms with E-state index in [1.807, 2.05) is 26.0 Å². The molecule has 1 aromatic heterocycles. The van der Waals surface area contributed by atoms with Crippen molar-refractivity contribution in [3.8, 4) is 0 Å². The number of aromatic amines is 1. The summed E-state index contributed by atoms with van der Waals surface area (Å²) in [6.07, 6.45) is 7.56. The molecule has 0 amide bonds. The van der Waals surface area contributed by atoms with Crippen LogP contribution in [0.2, 0.25) is 0 Å². The third-order valence-corrected chi connectivity index (χ3v) is 2.10. The molecule has 0 radical (unpaired) electrons. The fraction of sp³-hybridized carbons (Fsp3) is 0.333. The van der Waals surface area contributed by atoms with E-state index < -0.39 is 0 Å². The molecule has 88 valence electrons. The molecular weight excluding hydrogens is 194 g/mol. The van der Waals surface area contributed by atoms with Crippen LogP contribution in [0.3, 0.4) is 0 Å². The van der Waals surface area contributed by atoms with Crippen molar-refractivity contribution in [2.24, 2.45) is 0 Å². The SMILES string of the molecule is C=C/C=c1/cc(C(C)C)[nH]/c1=C/C=C.CC. The first-order valence-electron chi connectivity index (χ1n) is 5.83. The summed E-state index contributed by atoms with van der Waals surface area (Å²) >= 11 is 0. The Labute approximate surface area is 98.9 Å². The maximum absolute atomic E-state index is 3.70. The van der Waals surface area contributed by atoms with Gasteiger partial charge in [0.1, 0.15) is 0 Å². The number of H-pyrrole nitrogens is 1. The van der Waals surface area contributed by atoms with Gasteiger partial charge in [-0.05, 0) is 23.3 Å². The summed E-state index contributed by atoms with van der Waals surface area (Å²) in [7, 11) is 0. The van der Waals surface area contributed by atoms with E-state index in [0.29, 0.717) is 5.92 Å². The number of aromatic nitrogens is 1. The zero-order chi connectivity index (χ0) is 12.6. The van der Waals surface area contributed by atoms with Gasteiger partial charge in [-0.15, -0.1) is 0 Å². The Bertz CT molecular complexity index is 395. The predicted molar refractivity (Wildman–Crippen MR) is 74.8 cm³/mol. The van der Waals surface area contributed by atoms with Crippen LogP contribution < -0.4 is 10.6 Å². The Morgan fingerprint density at radius 1 is 1.12 bits per heavy atom. The average molecular weight is 217 g/mol. The van der Waals surface area contributed by atoms with E-state index in [1.165, 1.54) is 10.9 Å². The van der Waals surface area contributed by atoms with Gasteiger partial charge >= 0.3 is 0 Å². The lowest BCUT2D eigenvalue weighted by Gasteiger charge is -1.97. The zero-order valence-corrected chi connectivity index (χ0v) is 10.9. The minimum Gasteiger partial charge on any atom is -0.358 e. The quantitative estimate of drug-likeness (QED) is 0.801. The van der Waals surface area contributed by atoms with Gasteiger partial charge < -0.3 is 4.98 Å². The molecule has 1 rings (SSSR count). The molecule has 0 spiro atoms. The third-order valence-electron chi connectivity index (χ3n) is 2.10. The molecule has 1 heteroatoms. The highest BCUT2D eigenvalue weighted by Crippen LogP contribution is 2.06. The molecule has 1 aromatic rings. The zero-order valence-electron chi connectivity index (χ0n) is 10.9. The van der Waals surface area contributed by atoms with Crippen LogP contribution in [-0.2, 0) is 0 Å². The number of hydrogen-bond acceptors (Lipinski definition) is 0. The van der Waals surface area contributed by atoms with Gasteiger partial charge in [0.05, 0.1) is 0 Å². The number of rotatable bonds is 3. The summed E-state index contributed by atoms with van der Waals surface area (Å²) in [5.41, 5.74) is 1.24. The molecule has 0 aromatic carbocycles. The van der Waals surface area contributed by atoms with E-state index in [4.69, 9.17) is 0 Å². The summed E-state index contributed by atoms with van der Waals surface area (Å²) in [5, 5.41) is 2.27. The van der Waals surface area contributed by atoms with E-state index in [-0.39, 0.29) is 0 Å². The fourth-order valence-electron chi connectivity index (χ4n) is 1.34. The van der Waals surface area contributed by atoms with Crippen molar-refractivity contribution in [3.05, 3.63) is 47.6 Å². The molecule has 0 unspecified atom stereocenters. The number of allylic oxidation sites excluding steroid dienone is 2. The van der Waals surface area contributed by atoms with Crippen LogP contribution in [0.4, 0.5) is 0 Å². The monoisotopic (exact) mass is 217 g/mol. The van der Waals surface area contributed by atoms with Gasteiger partial charge in [0.2, 0.25) is 0 Å². The molecule has 1 nitrogen and oxygen atoms in total. The van der Waals surface area contributed by atoms with Gasteiger partial charge in [0.25, 0.3) is 0 Å². The van der Waals surface area contributed by atoms with Crippen LogP contribution in [0.25, 0.3) is 12.2 Å². The third kappa shape index (κ3) is 3.93. The number of hydrogen-bond donors (Lipinski definition) is 1. The molecule has 0 fully saturated rings. The standard InChI is InChI=1S/C13H17N.C2H6/c1-5-7-11-9-13(10(3)4)14-12(11)8-6-2;1-2/h5-10,14H,1-2H2,3-4H3;1-2H3/b11-7-,12-8+;. The van der Waals surface area contributed by atoms with E-state index in [2.05, 4.69) is 38.1 Å². The Balaban J connectivity index is 0.00000106. The molecule has 0 saturated carbocycles. The molecular formula is C15H23N. The first-order valence-corrected chi connectivity index (χ1v) is 5.83. The highest BCUT2D eigenvalue weighted by molar-refractivity contribution is 5.41. The van der Waals surface area contributed by atoms with Crippen LogP contribution in [0.5, 0.6) is 0 Å². The highest BCUT2D eigenvalue weighted by Gasteiger charge is 2.00. The lowest BCUT2D eigenvalue weighted by Crippen LogP contribution is -2.21. The van der Waals surface area contributed by atoms with Gasteiger partial charge in [0.15, 0.2) is 0 Å². The molecule has 1 heterocycles. The van der Waals surface area contributed by atoms with Crippen LogP contribution in [0.1, 0.15) is 39.3 Å². The smallest absolute Gasteiger partial charge is 0.0455 e. The van der Waals surface area contributed by atoms with Crippen molar-refractivity contribution < 1.29 is 0 Å². The maximum atomic E-state index is 3.70. The lowest BCUT2D eigenvalue weighted by molar-refractivity contribution is 0.829. The van der Waals surface area contributed by atoms with Crippen LogP contribution in [-0.4, -0.2) is 4.98 Å². The van der Waals surface area contributed by atoms with Crippen molar-refractivity contribution >= 4 is 12.2 Å². The van der Waals surface area contributed by atoms with Crippen LogP contribution in [0, 0.1) is 0 Å². The minimum absolute atomic E-state index is 0.513. The van der Waals surface area contributed by atoms with Crippen molar-refractivity contribution in [3.63, 3.8) is 0 Å². The van der Waals surface area contributed by atoms with Gasteiger partial charge in [-0.3, -0.25) is 0 Å². The summed E-state index contributed by atoms with van der Waals surface area (Å²) in [4.78, 5) is 3.36. The van der Waals surface area contributed by atoms with Crippen LogP contribution >= 0.6 is 0 Å². The van der Waals surface area contributed by atoms with E-state index in [9.17, 15) is 0 Å². The molecule has 0 bridgehead atoms. The normalized spacial score (nSPS) is 12.3. The maximum Gasteiger partial charge on any atom is 0.0455 e. The van der Waals surface area contributed by atoms with E-state index in [1.54, 1.807) is 12.2 Å². The molecule has 16 heavy (non-hydrogen) atoms. The first-order chi connectivity index (χ1) is 7.69. The Morgan fingerprint density at radius 3 is 2.12 bits per heavy atom. The first kappa shape index (κ1) is 14.5. The number of nitrogens with one attached hydrogen (secondary N) is 1. The van der Waals surface area contributed by atoms with Gasteiger partial charge in [-0.2, -0.15) is 0 Å². The topological polar surface area (TPSA) is 15.8 Å². The van der Waals surface area contributed by atoms with Gasteiger partial charge in [0, 0.05) is 11.0 Å². The summed E-state index contributed by atoms with van der Waals surface area (Å²) < 4.78 is 0. The summed E-state index contributed by atoms with van der Waals surface area (Å²) in [6, 6.07) is 2.15. The largest absolute Gasteiger partial charge is 0.358 e. The Morgan fingerprint density at radius 2 is 1.69 bits per heavy atom. The Hall–Kier alpha value is -1.50. The molecule has 0 saturated heterocycles. The van der Waals surface area contributed by atoms with E-state index >= 15 is 0 Å². The van der Waals surface area contributed by atoms with Gasteiger partial charge in [-0.1, -0.05) is 59.1 Å². The van der Waals surface area contributed by atoms with Crippen molar-refractivity contribution in [1.82, 2.24) is 4.98 Å². The van der Waals surface area contributed by atoms with Gasteiger partial charge in [-0.25, -0.2) is 0 Å². The lowest BCUT2D eigenvalue weighted by atomic mass is 10.1. The Kier molecular flexibility index (Phi) is 7.02.